The molecule has 1 saturated carbocycles. The molecule has 0 saturated heterocycles. The van der Waals surface area contributed by atoms with Crippen LogP contribution in [0.2, 0.25) is 0 Å². The maximum atomic E-state index is 12.0. The quantitative estimate of drug-likeness (QED) is 0.768. The minimum absolute atomic E-state index is 0.390. The molecule has 0 aliphatic heterocycles. The van der Waals surface area contributed by atoms with Crippen LogP contribution in [0.25, 0.3) is 0 Å². The Labute approximate surface area is 92.7 Å². The van der Waals surface area contributed by atoms with E-state index in [0.717, 1.165) is 0 Å². The second-order valence-corrected chi connectivity index (χ2v) is 3.94. The standard InChI is InChI=1S/C11H12N2O3/c1-13(8-4-2-3-7-12-8)9(14)11(5-6-11)10(15)16/h2-4,7H,5-6H2,1H3,(H,15,16). The summed E-state index contributed by atoms with van der Waals surface area (Å²) in [7, 11) is 1.55. The first kappa shape index (κ1) is 10.6. The molecule has 1 aromatic rings. The SMILES string of the molecule is CN(C(=O)C1(C(=O)O)CC1)c1ccccn1. The summed E-state index contributed by atoms with van der Waals surface area (Å²) in [5.74, 6) is -0.959. The molecule has 1 aliphatic carbocycles. The third-order valence-corrected chi connectivity index (χ3v) is 2.87. The molecule has 2 rings (SSSR count). The van der Waals surface area contributed by atoms with Crippen molar-refractivity contribution in [3.05, 3.63) is 24.4 Å². The van der Waals surface area contributed by atoms with Gasteiger partial charge in [0.25, 0.3) is 0 Å². The summed E-state index contributed by atoms with van der Waals surface area (Å²) >= 11 is 0. The molecule has 0 spiro atoms. The molecule has 1 aromatic heterocycles. The average molecular weight is 220 g/mol. The summed E-state index contributed by atoms with van der Waals surface area (Å²) < 4.78 is 0. The van der Waals surface area contributed by atoms with Crippen LogP contribution in [-0.4, -0.2) is 29.0 Å². The monoisotopic (exact) mass is 220 g/mol. The predicted octanol–water partition coefficient (Wildman–Crippen LogP) is 0.909. The van der Waals surface area contributed by atoms with Crippen LogP contribution < -0.4 is 4.90 Å². The Morgan fingerprint density at radius 1 is 1.44 bits per heavy atom. The lowest BCUT2D eigenvalue weighted by Gasteiger charge is -2.19. The Bertz CT molecular complexity index is 426. The van der Waals surface area contributed by atoms with Crippen molar-refractivity contribution in [3.63, 3.8) is 0 Å². The number of carbonyl (C=O) groups excluding carboxylic acids is 1. The molecule has 1 N–H and O–H groups in total. The van der Waals surface area contributed by atoms with Crippen LogP contribution in [0.15, 0.2) is 24.4 Å². The molecule has 1 aliphatic rings. The number of carbonyl (C=O) groups is 2. The van der Waals surface area contributed by atoms with Gasteiger partial charge in [-0.15, -0.1) is 0 Å². The fourth-order valence-corrected chi connectivity index (χ4v) is 1.62. The van der Waals surface area contributed by atoms with Crippen LogP contribution in [0.4, 0.5) is 5.82 Å². The number of amides is 1. The number of rotatable bonds is 3. The van der Waals surface area contributed by atoms with Gasteiger partial charge in [0.2, 0.25) is 5.91 Å². The highest BCUT2D eigenvalue weighted by Gasteiger charge is 2.58. The third kappa shape index (κ3) is 1.54. The first-order valence-corrected chi connectivity index (χ1v) is 5.00. The van der Waals surface area contributed by atoms with Gasteiger partial charge in [0.05, 0.1) is 0 Å². The van der Waals surface area contributed by atoms with Crippen LogP contribution in [0.3, 0.4) is 0 Å². The van der Waals surface area contributed by atoms with E-state index in [1.807, 2.05) is 0 Å². The molecule has 0 atom stereocenters. The fourth-order valence-electron chi connectivity index (χ4n) is 1.62. The van der Waals surface area contributed by atoms with E-state index in [0.29, 0.717) is 18.7 Å². The molecule has 1 heterocycles. The van der Waals surface area contributed by atoms with Gasteiger partial charge in [-0.2, -0.15) is 0 Å². The minimum atomic E-state index is -1.20. The largest absolute Gasteiger partial charge is 0.480 e. The Morgan fingerprint density at radius 3 is 2.56 bits per heavy atom. The smallest absolute Gasteiger partial charge is 0.319 e. The predicted molar refractivity (Wildman–Crippen MR) is 56.9 cm³/mol. The highest BCUT2D eigenvalue weighted by molar-refractivity contribution is 6.11. The molecule has 0 aromatic carbocycles. The van der Waals surface area contributed by atoms with Gasteiger partial charge in [-0.1, -0.05) is 6.07 Å². The van der Waals surface area contributed by atoms with Crippen molar-refractivity contribution >= 4 is 17.7 Å². The summed E-state index contributed by atoms with van der Waals surface area (Å²) in [5.41, 5.74) is -1.20. The zero-order valence-electron chi connectivity index (χ0n) is 8.88. The van der Waals surface area contributed by atoms with Crippen LogP contribution in [-0.2, 0) is 9.59 Å². The first-order chi connectivity index (χ1) is 7.58. The molecular formula is C11H12N2O3. The lowest BCUT2D eigenvalue weighted by atomic mass is 10.1. The van der Waals surface area contributed by atoms with Gasteiger partial charge in [-0.05, 0) is 25.0 Å². The lowest BCUT2D eigenvalue weighted by Crippen LogP contribution is -2.38. The van der Waals surface area contributed by atoms with E-state index in [1.165, 1.54) is 4.90 Å². The number of nitrogens with zero attached hydrogens (tertiary/aromatic N) is 2. The van der Waals surface area contributed by atoms with Crippen molar-refractivity contribution in [1.82, 2.24) is 4.98 Å². The molecule has 0 radical (unpaired) electrons. The Kier molecular flexibility index (Phi) is 2.38. The van der Waals surface area contributed by atoms with Crippen molar-refractivity contribution in [2.45, 2.75) is 12.8 Å². The maximum absolute atomic E-state index is 12.0. The zero-order valence-corrected chi connectivity index (χ0v) is 8.88. The third-order valence-electron chi connectivity index (χ3n) is 2.87. The highest BCUT2D eigenvalue weighted by atomic mass is 16.4. The molecule has 0 bridgehead atoms. The molecule has 16 heavy (non-hydrogen) atoms. The van der Waals surface area contributed by atoms with E-state index >= 15 is 0 Å². The number of hydrogen-bond acceptors (Lipinski definition) is 3. The van der Waals surface area contributed by atoms with E-state index < -0.39 is 17.3 Å². The van der Waals surface area contributed by atoms with E-state index in [2.05, 4.69) is 4.98 Å². The summed E-state index contributed by atoms with van der Waals surface area (Å²) in [6.45, 7) is 0. The number of anilines is 1. The molecule has 5 nitrogen and oxygen atoms in total. The van der Waals surface area contributed by atoms with Gasteiger partial charge in [0.15, 0.2) is 0 Å². The number of aromatic nitrogens is 1. The normalized spacial score (nSPS) is 16.6. The number of hydrogen-bond donors (Lipinski definition) is 1. The molecule has 0 unspecified atom stereocenters. The van der Waals surface area contributed by atoms with Crippen molar-refractivity contribution in [2.24, 2.45) is 5.41 Å². The maximum Gasteiger partial charge on any atom is 0.319 e. The molecule has 1 fully saturated rings. The van der Waals surface area contributed by atoms with E-state index in [-0.39, 0.29) is 0 Å². The van der Waals surface area contributed by atoms with Gasteiger partial charge in [-0.25, -0.2) is 4.98 Å². The lowest BCUT2D eigenvalue weighted by molar-refractivity contribution is -0.148. The van der Waals surface area contributed by atoms with Crippen molar-refractivity contribution in [3.8, 4) is 0 Å². The highest BCUT2D eigenvalue weighted by Crippen LogP contribution is 2.47. The van der Waals surface area contributed by atoms with Gasteiger partial charge in [0.1, 0.15) is 11.2 Å². The summed E-state index contributed by atoms with van der Waals surface area (Å²) in [5, 5.41) is 9.00. The van der Waals surface area contributed by atoms with Crippen molar-refractivity contribution < 1.29 is 14.7 Å². The van der Waals surface area contributed by atoms with E-state index in [9.17, 15) is 9.59 Å². The van der Waals surface area contributed by atoms with E-state index in [4.69, 9.17) is 5.11 Å². The summed E-state index contributed by atoms with van der Waals surface area (Å²) in [6.07, 6.45) is 2.40. The van der Waals surface area contributed by atoms with Crippen LogP contribution in [0.5, 0.6) is 0 Å². The van der Waals surface area contributed by atoms with Gasteiger partial charge in [-0.3, -0.25) is 14.5 Å². The fraction of sp³-hybridized carbons (Fsp3) is 0.364. The first-order valence-electron chi connectivity index (χ1n) is 5.00. The van der Waals surface area contributed by atoms with Crippen molar-refractivity contribution in [1.29, 1.82) is 0 Å². The van der Waals surface area contributed by atoms with Crippen LogP contribution in [0, 0.1) is 5.41 Å². The van der Waals surface area contributed by atoms with Gasteiger partial charge in [0, 0.05) is 13.2 Å². The zero-order chi connectivity index (χ0) is 11.8. The second-order valence-electron chi connectivity index (χ2n) is 3.94. The molecule has 84 valence electrons. The summed E-state index contributed by atoms with van der Waals surface area (Å²) in [6, 6.07) is 5.17. The number of carboxylic acids is 1. The Morgan fingerprint density at radius 2 is 2.12 bits per heavy atom. The minimum Gasteiger partial charge on any atom is -0.480 e. The number of aliphatic carboxylic acids is 1. The van der Waals surface area contributed by atoms with Gasteiger partial charge >= 0.3 is 5.97 Å². The number of pyridine rings is 1. The van der Waals surface area contributed by atoms with Gasteiger partial charge < -0.3 is 5.11 Å². The van der Waals surface area contributed by atoms with Crippen molar-refractivity contribution in [2.75, 3.05) is 11.9 Å². The topological polar surface area (TPSA) is 70.5 Å². The average Bonchev–Trinajstić information content (AvgIpc) is 3.09. The summed E-state index contributed by atoms with van der Waals surface area (Å²) in [4.78, 5) is 28.3. The number of carboxylic acid groups (broad SMARTS) is 1. The Balaban J connectivity index is 2.21. The molecule has 1 amide bonds. The Hall–Kier alpha value is -1.91. The van der Waals surface area contributed by atoms with Crippen LogP contribution in [0.1, 0.15) is 12.8 Å². The molecular weight excluding hydrogens is 208 g/mol. The molecule has 5 heteroatoms. The second kappa shape index (κ2) is 3.59. The van der Waals surface area contributed by atoms with E-state index in [1.54, 1.807) is 31.4 Å². The van der Waals surface area contributed by atoms with Crippen LogP contribution >= 0.6 is 0 Å².